The van der Waals surface area contributed by atoms with Crippen LogP contribution >= 0.6 is 11.6 Å². The summed E-state index contributed by atoms with van der Waals surface area (Å²) in [5.41, 5.74) is 1.84. The Hall–Kier alpha value is -1.30. The van der Waals surface area contributed by atoms with E-state index in [4.69, 9.17) is 16.0 Å². The summed E-state index contributed by atoms with van der Waals surface area (Å²) in [4.78, 5) is 0. The quantitative estimate of drug-likeness (QED) is 0.923. The smallest absolute Gasteiger partial charge is 0.216 e. The zero-order valence-electron chi connectivity index (χ0n) is 10.4. The lowest BCUT2D eigenvalue weighted by atomic mass is 10.2. The summed E-state index contributed by atoms with van der Waals surface area (Å²) in [7, 11) is -3.39. The van der Waals surface area contributed by atoms with Crippen molar-refractivity contribution in [2.75, 3.05) is 0 Å². The Kier molecular flexibility index (Phi) is 4.29. The first-order chi connectivity index (χ1) is 8.94. The lowest BCUT2D eigenvalue weighted by molar-refractivity contribution is 0.500. The van der Waals surface area contributed by atoms with Crippen molar-refractivity contribution in [1.29, 1.82) is 0 Å². The van der Waals surface area contributed by atoms with Crippen molar-refractivity contribution in [2.45, 2.75) is 19.2 Å². The van der Waals surface area contributed by atoms with Crippen LogP contribution in [0.4, 0.5) is 0 Å². The summed E-state index contributed by atoms with van der Waals surface area (Å²) in [5.74, 6) is 0.430. The van der Waals surface area contributed by atoms with Gasteiger partial charge in [-0.2, -0.15) is 0 Å². The van der Waals surface area contributed by atoms with Gasteiger partial charge in [-0.25, -0.2) is 13.1 Å². The average Bonchev–Trinajstić information content (AvgIpc) is 2.76. The first kappa shape index (κ1) is 14.1. The molecule has 4 nitrogen and oxygen atoms in total. The Morgan fingerprint density at radius 3 is 2.42 bits per heavy atom. The standard InChI is InChI=1S/C13H14ClNO3S/c1-10-2-4-11(5-3-10)9-19(16,17)15-8-12-6-7-13(14)18-12/h2-7,15H,8-9H2,1H3. The Bertz CT molecular complexity index is 647. The van der Waals surface area contributed by atoms with E-state index < -0.39 is 10.0 Å². The third kappa shape index (κ3) is 4.38. The molecule has 0 saturated carbocycles. The molecule has 0 atom stereocenters. The van der Waals surface area contributed by atoms with E-state index >= 15 is 0 Å². The van der Waals surface area contributed by atoms with E-state index in [1.165, 1.54) is 0 Å². The second-order valence-electron chi connectivity index (χ2n) is 4.27. The van der Waals surface area contributed by atoms with Crippen LogP contribution in [0.1, 0.15) is 16.9 Å². The summed E-state index contributed by atoms with van der Waals surface area (Å²) in [6.45, 7) is 2.05. The summed E-state index contributed by atoms with van der Waals surface area (Å²) in [5, 5.41) is 0.243. The van der Waals surface area contributed by atoms with Gasteiger partial charge in [-0.05, 0) is 36.2 Å². The molecule has 1 aromatic heterocycles. The Balaban J connectivity index is 1.97. The Morgan fingerprint density at radius 1 is 1.16 bits per heavy atom. The van der Waals surface area contributed by atoms with Crippen LogP contribution in [0, 0.1) is 6.92 Å². The van der Waals surface area contributed by atoms with E-state index in [9.17, 15) is 8.42 Å². The molecule has 1 N–H and O–H groups in total. The van der Waals surface area contributed by atoms with Gasteiger partial charge in [0.05, 0.1) is 12.3 Å². The molecule has 1 aromatic carbocycles. The van der Waals surface area contributed by atoms with Crippen LogP contribution in [0.15, 0.2) is 40.8 Å². The SMILES string of the molecule is Cc1ccc(CS(=O)(=O)NCc2ccc(Cl)o2)cc1. The van der Waals surface area contributed by atoms with E-state index in [0.29, 0.717) is 5.76 Å². The lowest BCUT2D eigenvalue weighted by Crippen LogP contribution is -2.24. The average molecular weight is 300 g/mol. The molecule has 2 aromatic rings. The third-order valence-corrected chi connectivity index (χ3v) is 4.07. The first-order valence-electron chi connectivity index (χ1n) is 5.72. The Morgan fingerprint density at radius 2 is 1.84 bits per heavy atom. The molecule has 0 radical (unpaired) electrons. The van der Waals surface area contributed by atoms with Gasteiger partial charge in [-0.1, -0.05) is 29.8 Å². The van der Waals surface area contributed by atoms with E-state index in [-0.39, 0.29) is 17.5 Å². The minimum atomic E-state index is -3.39. The molecule has 2 rings (SSSR count). The second kappa shape index (κ2) is 5.77. The number of hydrogen-bond donors (Lipinski definition) is 1. The first-order valence-corrected chi connectivity index (χ1v) is 7.75. The van der Waals surface area contributed by atoms with Crippen LogP contribution in [0.25, 0.3) is 0 Å². The molecular formula is C13H14ClNO3S. The minimum Gasteiger partial charge on any atom is -0.448 e. The third-order valence-electron chi connectivity index (χ3n) is 2.57. The molecular weight excluding hydrogens is 286 g/mol. The van der Waals surface area contributed by atoms with Crippen LogP contribution in [-0.4, -0.2) is 8.42 Å². The maximum atomic E-state index is 11.9. The van der Waals surface area contributed by atoms with Gasteiger partial charge in [0.2, 0.25) is 10.0 Å². The summed E-state index contributed by atoms with van der Waals surface area (Å²) in [6.07, 6.45) is 0. The molecule has 0 fully saturated rings. The van der Waals surface area contributed by atoms with Crippen molar-refractivity contribution < 1.29 is 12.8 Å². The number of nitrogens with one attached hydrogen (secondary N) is 1. The number of rotatable bonds is 5. The van der Waals surface area contributed by atoms with Crippen LogP contribution in [-0.2, 0) is 22.3 Å². The molecule has 0 aliphatic heterocycles. The van der Waals surface area contributed by atoms with Crippen molar-refractivity contribution in [2.24, 2.45) is 0 Å². The fourth-order valence-corrected chi connectivity index (χ4v) is 2.84. The van der Waals surface area contributed by atoms with Gasteiger partial charge in [-0.3, -0.25) is 0 Å². The van der Waals surface area contributed by atoms with Crippen molar-refractivity contribution in [3.8, 4) is 0 Å². The topological polar surface area (TPSA) is 59.3 Å². The predicted molar refractivity (Wildman–Crippen MR) is 74.4 cm³/mol. The van der Waals surface area contributed by atoms with E-state index in [0.717, 1.165) is 11.1 Å². The molecule has 0 aliphatic rings. The van der Waals surface area contributed by atoms with Crippen molar-refractivity contribution in [1.82, 2.24) is 4.72 Å². The molecule has 0 spiro atoms. The van der Waals surface area contributed by atoms with E-state index in [1.807, 2.05) is 19.1 Å². The van der Waals surface area contributed by atoms with Gasteiger partial charge in [-0.15, -0.1) is 0 Å². The van der Waals surface area contributed by atoms with Gasteiger partial charge in [0.15, 0.2) is 5.22 Å². The van der Waals surface area contributed by atoms with Crippen LogP contribution in [0.2, 0.25) is 5.22 Å². The number of halogens is 1. The zero-order valence-corrected chi connectivity index (χ0v) is 12.0. The maximum absolute atomic E-state index is 11.9. The molecule has 0 bridgehead atoms. The fraction of sp³-hybridized carbons (Fsp3) is 0.231. The summed E-state index contributed by atoms with van der Waals surface area (Å²) < 4.78 is 31.3. The molecule has 0 saturated heterocycles. The van der Waals surface area contributed by atoms with Crippen LogP contribution in [0.5, 0.6) is 0 Å². The summed E-state index contributed by atoms with van der Waals surface area (Å²) in [6, 6.07) is 10.6. The number of hydrogen-bond acceptors (Lipinski definition) is 3. The number of benzene rings is 1. The van der Waals surface area contributed by atoms with Gasteiger partial charge >= 0.3 is 0 Å². The number of aryl methyl sites for hydroxylation is 1. The molecule has 0 aliphatic carbocycles. The lowest BCUT2D eigenvalue weighted by Gasteiger charge is -2.05. The largest absolute Gasteiger partial charge is 0.448 e. The van der Waals surface area contributed by atoms with Gasteiger partial charge in [0.25, 0.3) is 0 Å². The van der Waals surface area contributed by atoms with Gasteiger partial charge < -0.3 is 4.42 Å². The highest BCUT2D eigenvalue weighted by Gasteiger charge is 2.12. The zero-order chi connectivity index (χ0) is 13.9. The molecule has 102 valence electrons. The number of furan rings is 1. The molecule has 1 heterocycles. The molecule has 6 heteroatoms. The fourth-order valence-electron chi connectivity index (χ4n) is 1.58. The van der Waals surface area contributed by atoms with Crippen molar-refractivity contribution in [3.05, 3.63) is 58.5 Å². The Labute approximate surface area is 117 Å². The van der Waals surface area contributed by atoms with Gasteiger partial charge in [0, 0.05) is 0 Å². The normalized spacial score (nSPS) is 11.7. The summed E-state index contributed by atoms with van der Waals surface area (Å²) >= 11 is 5.61. The molecule has 19 heavy (non-hydrogen) atoms. The monoisotopic (exact) mass is 299 g/mol. The maximum Gasteiger partial charge on any atom is 0.216 e. The minimum absolute atomic E-state index is 0.0538. The highest BCUT2D eigenvalue weighted by molar-refractivity contribution is 7.88. The van der Waals surface area contributed by atoms with Crippen molar-refractivity contribution in [3.63, 3.8) is 0 Å². The highest BCUT2D eigenvalue weighted by atomic mass is 35.5. The van der Waals surface area contributed by atoms with Gasteiger partial charge in [0.1, 0.15) is 5.76 Å². The van der Waals surface area contributed by atoms with Crippen molar-refractivity contribution >= 4 is 21.6 Å². The van der Waals surface area contributed by atoms with Crippen LogP contribution < -0.4 is 4.72 Å². The predicted octanol–water partition coefficient (Wildman–Crippen LogP) is 2.86. The molecule has 0 amide bonds. The number of sulfonamides is 1. The van der Waals surface area contributed by atoms with E-state index in [2.05, 4.69) is 4.72 Å². The molecule has 0 unspecified atom stereocenters. The van der Waals surface area contributed by atoms with Crippen LogP contribution in [0.3, 0.4) is 0 Å². The second-order valence-corrected chi connectivity index (χ2v) is 6.45. The van der Waals surface area contributed by atoms with E-state index in [1.54, 1.807) is 24.3 Å². The highest BCUT2D eigenvalue weighted by Crippen LogP contribution is 2.13.